The van der Waals surface area contributed by atoms with Gasteiger partial charge in [0.1, 0.15) is 34.4 Å². The van der Waals surface area contributed by atoms with Gasteiger partial charge < -0.3 is 15.4 Å². The number of ether oxygens (including phenoxy) is 1. The van der Waals surface area contributed by atoms with Crippen LogP contribution < -0.4 is 15.4 Å². The van der Waals surface area contributed by atoms with Crippen LogP contribution in [0.25, 0.3) is 10.2 Å². The van der Waals surface area contributed by atoms with Gasteiger partial charge in [-0.25, -0.2) is 27.9 Å². The summed E-state index contributed by atoms with van der Waals surface area (Å²) < 4.78 is 46.5. The van der Waals surface area contributed by atoms with Crippen LogP contribution in [0.5, 0.6) is 11.6 Å². The number of aromatic nitrogens is 2. The van der Waals surface area contributed by atoms with Gasteiger partial charge in [-0.2, -0.15) is 0 Å². The molecule has 10 heteroatoms. The molecule has 0 aliphatic heterocycles. The Morgan fingerprint density at radius 3 is 2.38 bits per heavy atom. The van der Waals surface area contributed by atoms with Crippen molar-refractivity contribution >= 4 is 39.0 Å². The second kappa shape index (κ2) is 7.76. The normalized spacial score (nSPS) is 10.7. The van der Waals surface area contributed by atoms with Crippen LogP contribution in [0, 0.1) is 17.5 Å². The summed E-state index contributed by atoms with van der Waals surface area (Å²) in [5.41, 5.74) is -0.395. The first-order chi connectivity index (χ1) is 14.0. The zero-order valence-corrected chi connectivity index (χ0v) is 15.3. The van der Waals surface area contributed by atoms with Gasteiger partial charge in [-0.1, -0.05) is 0 Å². The lowest BCUT2D eigenvalue weighted by Crippen LogP contribution is -2.20. The second-order valence-electron chi connectivity index (χ2n) is 5.77. The van der Waals surface area contributed by atoms with Gasteiger partial charge in [-0.15, -0.1) is 11.3 Å². The number of amides is 2. The van der Waals surface area contributed by atoms with Gasteiger partial charge in [-0.05, 0) is 35.7 Å². The van der Waals surface area contributed by atoms with E-state index in [-0.39, 0.29) is 23.0 Å². The van der Waals surface area contributed by atoms with Gasteiger partial charge in [0, 0.05) is 12.1 Å². The molecule has 4 rings (SSSR count). The summed E-state index contributed by atoms with van der Waals surface area (Å²) in [6, 6.07) is 7.38. The number of carbonyl (C=O) groups excluding carboxylic acids is 1. The van der Waals surface area contributed by atoms with Gasteiger partial charge in [0.05, 0.1) is 16.8 Å². The zero-order chi connectivity index (χ0) is 20.4. The van der Waals surface area contributed by atoms with Gasteiger partial charge in [0.2, 0.25) is 5.88 Å². The van der Waals surface area contributed by atoms with Crippen LogP contribution >= 0.6 is 11.3 Å². The minimum atomic E-state index is -0.950. The van der Waals surface area contributed by atoms with E-state index in [2.05, 4.69) is 20.6 Å². The van der Waals surface area contributed by atoms with E-state index in [0.29, 0.717) is 11.5 Å². The van der Waals surface area contributed by atoms with Crippen LogP contribution in [-0.4, -0.2) is 16.0 Å². The predicted octanol–water partition coefficient (Wildman–Crippen LogP) is 5.54. The molecular weight excluding hydrogens is 405 g/mol. The maximum absolute atomic E-state index is 14.4. The van der Waals surface area contributed by atoms with E-state index < -0.39 is 23.5 Å². The highest BCUT2D eigenvalue weighted by Crippen LogP contribution is 2.30. The Kier molecular flexibility index (Phi) is 5.00. The lowest BCUT2D eigenvalue weighted by atomic mass is 10.3. The fourth-order valence-corrected chi connectivity index (χ4v) is 3.21. The number of nitrogens with one attached hydrogen (secondary N) is 2. The average Bonchev–Trinajstić information content (AvgIpc) is 3.16. The number of carbonyl (C=O) groups is 1. The number of halogens is 3. The minimum Gasteiger partial charge on any atom is -0.438 e. The molecule has 6 nitrogen and oxygen atoms in total. The highest BCUT2D eigenvalue weighted by molar-refractivity contribution is 7.16. The fourth-order valence-electron chi connectivity index (χ4n) is 2.49. The molecular formula is C19H11F3N4O2S. The predicted molar refractivity (Wildman–Crippen MR) is 103 cm³/mol. The lowest BCUT2D eigenvalue weighted by molar-refractivity contribution is 0.262. The number of nitrogens with zero attached hydrogens (tertiary/aromatic N) is 2. The standard InChI is InChI=1S/C19H11F3N4O2S/c20-10-1-3-15(13(21)7-10)25-19(27)26-16-4-2-11(8-14(16)22)28-17-12-5-6-29-18(12)24-9-23-17/h1-9H,(H2,25,26,27). The van der Waals surface area contributed by atoms with E-state index in [4.69, 9.17) is 4.74 Å². The third-order valence-corrected chi connectivity index (χ3v) is 4.63. The van der Waals surface area contributed by atoms with Gasteiger partial charge in [0.15, 0.2) is 0 Å². The molecule has 2 amide bonds. The zero-order valence-electron chi connectivity index (χ0n) is 14.4. The Hall–Kier alpha value is -3.66. The molecule has 0 aliphatic rings. The van der Waals surface area contributed by atoms with Crippen LogP contribution in [0.4, 0.5) is 29.3 Å². The Bertz CT molecular complexity index is 1220. The molecule has 146 valence electrons. The molecule has 0 saturated heterocycles. The quantitative estimate of drug-likeness (QED) is 0.458. The highest BCUT2D eigenvalue weighted by Gasteiger charge is 2.13. The smallest absolute Gasteiger partial charge is 0.323 e. The van der Waals surface area contributed by atoms with Crippen LogP contribution in [-0.2, 0) is 0 Å². The third-order valence-electron chi connectivity index (χ3n) is 3.81. The number of rotatable bonds is 4. The van der Waals surface area contributed by atoms with E-state index in [9.17, 15) is 18.0 Å². The summed E-state index contributed by atoms with van der Waals surface area (Å²) in [4.78, 5) is 20.9. The molecule has 0 spiro atoms. The molecule has 0 unspecified atom stereocenters. The second-order valence-corrected chi connectivity index (χ2v) is 6.66. The number of hydrogen-bond acceptors (Lipinski definition) is 5. The number of fused-ring (bicyclic) bond motifs is 1. The van der Waals surface area contributed by atoms with Crippen molar-refractivity contribution in [1.29, 1.82) is 0 Å². The van der Waals surface area contributed by atoms with Crippen LogP contribution in [0.15, 0.2) is 54.2 Å². The van der Waals surface area contributed by atoms with Crippen molar-refractivity contribution < 1.29 is 22.7 Å². The monoisotopic (exact) mass is 416 g/mol. The summed E-state index contributed by atoms with van der Waals surface area (Å²) in [6.45, 7) is 0. The van der Waals surface area contributed by atoms with Crippen molar-refractivity contribution in [3.05, 3.63) is 71.6 Å². The summed E-state index contributed by atoms with van der Waals surface area (Å²) in [5.74, 6) is -2.05. The molecule has 0 saturated carbocycles. The molecule has 2 N–H and O–H groups in total. The fraction of sp³-hybridized carbons (Fsp3) is 0. The largest absolute Gasteiger partial charge is 0.438 e. The molecule has 0 aliphatic carbocycles. The number of urea groups is 1. The number of hydrogen-bond donors (Lipinski definition) is 2. The molecule has 0 atom stereocenters. The van der Waals surface area contributed by atoms with Crippen molar-refractivity contribution in [3.8, 4) is 11.6 Å². The molecule has 0 radical (unpaired) electrons. The van der Waals surface area contributed by atoms with Gasteiger partial charge >= 0.3 is 6.03 Å². The van der Waals surface area contributed by atoms with Crippen molar-refractivity contribution in [2.45, 2.75) is 0 Å². The molecule has 2 aromatic heterocycles. The van der Waals surface area contributed by atoms with E-state index >= 15 is 0 Å². The maximum atomic E-state index is 14.4. The van der Waals surface area contributed by atoms with E-state index in [1.165, 1.54) is 29.8 Å². The van der Waals surface area contributed by atoms with Gasteiger partial charge in [0.25, 0.3) is 0 Å². The van der Waals surface area contributed by atoms with Crippen molar-refractivity contribution in [3.63, 3.8) is 0 Å². The maximum Gasteiger partial charge on any atom is 0.323 e. The summed E-state index contributed by atoms with van der Waals surface area (Å²) in [7, 11) is 0. The van der Waals surface area contributed by atoms with Gasteiger partial charge in [-0.3, -0.25) is 0 Å². The summed E-state index contributed by atoms with van der Waals surface area (Å²) in [5, 5.41) is 6.96. The Morgan fingerprint density at radius 1 is 0.931 bits per heavy atom. The van der Waals surface area contributed by atoms with Crippen LogP contribution in [0.3, 0.4) is 0 Å². The molecule has 2 heterocycles. The summed E-state index contributed by atoms with van der Waals surface area (Å²) in [6.07, 6.45) is 1.35. The van der Waals surface area contributed by atoms with Crippen LogP contribution in [0.2, 0.25) is 0 Å². The molecule has 29 heavy (non-hydrogen) atoms. The lowest BCUT2D eigenvalue weighted by Gasteiger charge is -2.11. The molecule has 0 bridgehead atoms. The number of benzene rings is 2. The Labute approximate surface area is 166 Å². The minimum absolute atomic E-state index is 0.152. The van der Waals surface area contributed by atoms with Crippen LogP contribution in [0.1, 0.15) is 0 Å². The first kappa shape index (κ1) is 18.7. The topological polar surface area (TPSA) is 76.1 Å². The summed E-state index contributed by atoms with van der Waals surface area (Å²) >= 11 is 1.42. The van der Waals surface area contributed by atoms with Crippen molar-refractivity contribution in [2.24, 2.45) is 0 Å². The SMILES string of the molecule is O=C(Nc1ccc(F)cc1F)Nc1ccc(Oc2ncnc3sccc23)cc1F. The number of anilines is 2. The molecule has 4 aromatic rings. The molecule has 2 aromatic carbocycles. The first-order valence-electron chi connectivity index (χ1n) is 8.18. The van der Waals surface area contributed by atoms with E-state index in [1.54, 1.807) is 6.07 Å². The van der Waals surface area contributed by atoms with Crippen molar-refractivity contribution in [2.75, 3.05) is 10.6 Å². The van der Waals surface area contributed by atoms with E-state index in [0.717, 1.165) is 23.0 Å². The number of thiophene rings is 1. The highest BCUT2D eigenvalue weighted by atomic mass is 32.1. The average molecular weight is 416 g/mol. The first-order valence-corrected chi connectivity index (χ1v) is 9.06. The van der Waals surface area contributed by atoms with Crippen molar-refractivity contribution in [1.82, 2.24) is 9.97 Å². The molecule has 0 fully saturated rings. The van der Waals surface area contributed by atoms with E-state index in [1.807, 2.05) is 5.38 Å². The Balaban J connectivity index is 1.47. The Morgan fingerprint density at radius 2 is 1.66 bits per heavy atom. The third kappa shape index (κ3) is 4.11.